The highest BCUT2D eigenvalue weighted by molar-refractivity contribution is 5.58. The summed E-state index contributed by atoms with van der Waals surface area (Å²) in [5.41, 5.74) is 0.452. The lowest BCUT2D eigenvalue weighted by molar-refractivity contribution is 0.348. The van der Waals surface area contributed by atoms with Crippen LogP contribution in [0.2, 0.25) is 0 Å². The van der Waals surface area contributed by atoms with E-state index in [-0.39, 0.29) is 0 Å². The van der Waals surface area contributed by atoms with Crippen LogP contribution in [0.3, 0.4) is 0 Å². The summed E-state index contributed by atoms with van der Waals surface area (Å²) in [6.45, 7) is 9.83. The Balaban J connectivity index is 3.62. The third kappa shape index (κ3) is 6.08. The lowest BCUT2D eigenvalue weighted by atomic mass is 9.85. The summed E-state index contributed by atoms with van der Waals surface area (Å²) >= 11 is 0. The lowest BCUT2D eigenvalue weighted by Crippen LogP contribution is -2.11. The number of nitrogens with zero attached hydrogens (tertiary/aromatic N) is 1. The topological polar surface area (TPSA) is 12.4 Å². The highest BCUT2D eigenvalue weighted by atomic mass is 14.7. The van der Waals surface area contributed by atoms with Gasteiger partial charge in [0.1, 0.15) is 0 Å². The molecule has 0 unspecified atom stereocenters. The normalized spacial score (nSPS) is 12.7. The fraction of sp³-hybridized carbons (Fsp3) is 0.900. The third-order valence-electron chi connectivity index (χ3n) is 1.88. The van der Waals surface area contributed by atoms with E-state index in [9.17, 15) is 0 Å². The maximum atomic E-state index is 4.21. The van der Waals surface area contributed by atoms with E-state index < -0.39 is 0 Å². The van der Waals surface area contributed by atoms with Gasteiger partial charge in [0.25, 0.3) is 0 Å². The summed E-state index contributed by atoms with van der Waals surface area (Å²) in [4.78, 5) is 4.21. The van der Waals surface area contributed by atoms with Crippen molar-refractivity contribution in [2.45, 2.75) is 47.0 Å². The Hall–Kier alpha value is -0.330. The summed E-state index contributed by atoms with van der Waals surface area (Å²) in [6, 6.07) is 0. The minimum Gasteiger partial charge on any atom is -0.298 e. The molecule has 0 saturated carbocycles. The molecule has 0 N–H and O–H groups in total. The van der Waals surface area contributed by atoms with Gasteiger partial charge in [-0.15, -0.1) is 0 Å². The molecule has 0 aromatic heterocycles. The first-order valence-corrected chi connectivity index (χ1v) is 4.60. The van der Waals surface area contributed by atoms with E-state index in [4.69, 9.17) is 0 Å². The molecule has 0 aliphatic rings. The van der Waals surface area contributed by atoms with Crippen molar-refractivity contribution in [1.82, 2.24) is 0 Å². The number of aliphatic imine (C=N–C) groups is 1. The molecule has 1 nitrogen and oxygen atoms in total. The van der Waals surface area contributed by atoms with E-state index >= 15 is 0 Å². The number of hydrogen-bond donors (Lipinski definition) is 0. The Morgan fingerprint density at radius 1 is 1.27 bits per heavy atom. The Morgan fingerprint density at radius 2 is 1.91 bits per heavy atom. The van der Waals surface area contributed by atoms with Crippen LogP contribution in [0.1, 0.15) is 47.0 Å². The average Bonchev–Trinajstić information content (AvgIpc) is 1.87. The Kier molecular flexibility index (Phi) is 5.18. The van der Waals surface area contributed by atoms with E-state index in [2.05, 4.69) is 38.9 Å². The first-order valence-electron chi connectivity index (χ1n) is 4.60. The SMILES string of the molecule is CCCC(C)(C)C/C=N/CC. The second kappa shape index (κ2) is 5.34. The lowest BCUT2D eigenvalue weighted by Gasteiger charge is -2.21. The van der Waals surface area contributed by atoms with Crippen molar-refractivity contribution in [2.24, 2.45) is 10.4 Å². The van der Waals surface area contributed by atoms with Crippen LogP contribution in [-0.4, -0.2) is 12.8 Å². The summed E-state index contributed by atoms with van der Waals surface area (Å²) < 4.78 is 0. The zero-order valence-electron chi connectivity index (χ0n) is 8.35. The van der Waals surface area contributed by atoms with Gasteiger partial charge in [-0.2, -0.15) is 0 Å². The molecule has 0 saturated heterocycles. The van der Waals surface area contributed by atoms with Crippen LogP contribution in [0.25, 0.3) is 0 Å². The molecular weight excluding hydrogens is 134 g/mol. The standard InChI is InChI=1S/C10H21N/c1-5-7-10(3,4)8-9-11-6-2/h9H,5-8H2,1-4H3/b11-9+. The van der Waals surface area contributed by atoms with Crippen LogP contribution < -0.4 is 0 Å². The number of hydrogen-bond acceptors (Lipinski definition) is 1. The van der Waals surface area contributed by atoms with Gasteiger partial charge in [-0.3, -0.25) is 4.99 Å². The highest BCUT2D eigenvalue weighted by Gasteiger charge is 2.13. The van der Waals surface area contributed by atoms with Gasteiger partial charge in [0, 0.05) is 6.54 Å². The fourth-order valence-electron chi connectivity index (χ4n) is 1.22. The van der Waals surface area contributed by atoms with Gasteiger partial charge in [0.15, 0.2) is 0 Å². The van der Waals surface area contributed by atoms with Gasteiger partial charge in [-0.05, 0) is 31.4 Å². The zero-order chi connectivity index (χ0) is 8.74. The molecule has 0 bridgehead atoms. The van der Waals surface area contributed by atoms with E-state index in [1.54, 1.807) is 0 Å². The summed E-state index contributed by atoms with van der Waals surface area (Å²) in [5.74, 6) is 0. The van der Waals surface area contributed by atoms with Gasteiger partial charge < -0.3 is 0 Å². The smallest absolute Gasteiger partial charge is 0.0357 e. The number of rotatable bonds is 5. The second-order valence-electron chi connectivity index (χ2n) is 3.80. The first-order chi connectivity index (χ1) is 5.12. The molecule has 0 aliphatic carbocycles. The minimum atomic E-state index is 0.452. The molecule has 0 aromatic carbocycles. The summed E-state index contributed by atoms with van der Waals surface area (Å²) in [6.07, 6.45) is 5.75. The maximum absolute atomic E-state index is 4.21. The molecule has 0 radical (unpaired) electrons. The molecule has 0 heterocycles. The van der Waals surface area contributed by atoms with Crippen molar-refractivity contribution < 1.29 is 0 Å². The van der Waals surface area contributed by atoms with Gasteiger partial charge in [0.05, 0.1) is 0 Å². The van der Waals surface area contributed by atoms with Crippen molar-refractivity contribution >= 4 is 6.21 Å². The summed E-state index contributed by atoms with van der Waals surface area (Å²) in [5, 5.41) is 0. The zero-order valence-corrected chi connectivity index (χ0v) is 8.35. The van der Waals surface area contributed by atoms with Crippen LogP contribution in [-0.2, 0) is 0 Å². The molecule has 1 heteroatoms. The first kappa shape index (κ1) is 10.7. The molecule has 0 fully saturated rings. The molecule has 0 aromatic rings. The average molecular weight is 155 g/mol. The predicted molar refractivity (Wildman–Crippen MR) is 52.3 cm³/mol. The molecule has 0 aliphatic heterocycles. The van der Waals surface area contributed by atoms with E-state index in [1.165, 1.54) is 12.8 Å². The van der Waals surface area contributed by atoms with Crippen molar-refractivity contribution in [3.63, 3.8) is 0 Å². The van der Waals surface area contributed by atoms with Crippen LogP contribution >= 0.6 is 0 Å². The van der Waals surface area contributed by atoms with Crippen LogP contribution in [0.4, 0.5) is 0 Å². The third-order valence-corrected chi connectivity index (χ3v) is 1.88. The van der Waals surface area contributed by atoms with Crippen molar-refractivity contribution in [3.8, 4) is 0 Å². The quantitative estimate of drug-likeness (QED) is 0.540. The monoisotopic (exact) mass is 155 g/mol. The van der Waals surface area contributed by atoms with E-state index in [1.807, 2.05) is 0 Å². The molecule has 0 amide bonds. The second-order valence-corrected chi connectivity index (χ2v) is 3.80. The largest absolute Gasteiger partial charge is 0.298 e. The Morgan fingerprint density at radius 3 is 2.36 bits per heavy atom. The Labute approximate surface area is 70.9 Å². The molecular formula is C10H21N. The van der Waals surface area contributed by atoms with Crippen molar-refractivity contribution in [1.29, 1.82) is 0 Å². The molecule has 11 heavy (non-hydrogen) atoms. The molecule has 0 rings (SSSR count). The Bertz CT molecular complexity index is 114. The van der Waals surface area contributed by atoms with Crippen molar-refractivity contribution in [3.05, 3.63) is 0 Å². The van der Waals surface area contributed by atoms with E-state index in [0.717, 1.165) is 13.0 Å². The molecule has 66 valence electrons. The molecule has 0 spiro atoms. The van der Waals surface area contributed by atoms with Crippen LogP contribution in [0.15, 0.2) is 4.99 Å². The van der Waals surface area contributed by atoms with Gasteiger partial charge in [-0.25, -0.2) is 0 Å². The van der Waals surface area contributed by atoms with Crippen LogP contribution in [0, 0.1) is 5.41 Å². The minimum absolute atomic E-state index is 0.452. The van der Waals surface area contributed by atoms with Crippen LogP contribution in [0.5, 0.6) is 0 Å². The highest BCUT2D eigenvalue weighted by Crippen LogP contribution is 2.24. The summed E-state index contributed by atoms with van der Waals surface area (Å²) in [7, 11) is 0. The van der Waals surface area contributed by atoms with Gasteiger partial charge in [-0.1, -0.05) is 27.2 Å². The van der Waals surface area contributed by atoms with Gasteiger partial charge in [0.2, 0.25) is 0 Å². The van der Waals surface area contributed by atoms with Gasteiger partial charge >= 0.3 is 0 Å². The van der Waals surface area contributed by atoms with E-state index in [0.29, 0.717) is 5.41 Å². The molecule has 0 atom stereocenters. The fourth-order valence-corrected chi connectivity index (χ4v) is 1.22. The van der Waals surface area contributed by atoms with Crippen molar-refractivity contribution in [2.75, 3.05) is 6.54 Å². The maximum Gasteiger partial charge on any atom is 0.0357 e. The predicted octanol–water partition coefficient (Wildman–Crippen LogP) is 3.29.